The number of carbonyl (C=O) groups is 2. The number of nitrogens with one attached hydrogen (secondary N) is 1. The highest BCUT2D eigenvalue weighted by atomic mass is 32.1. The van der Waals surface area contributed by atoms with Crippen molar-refractivity contribution in [1.82, 2.24) is 0 Å². The van der Waals surface area contributed by atoms with E-state index in [4.69, 9.17) is 9.47 Å². The Labute approximate surface area is 156 Å². The number of ether oxygens (including phenoxy) is 2. The van der Waals surface area contributed by atoms with Crippen LogP contribution in [-0.4, -0.2) is 26.1 Å². The van der Waals surface area contributed by atoms with Crippen LogP contribution in [0.1, 0.15) is 39.2 Å². The van der Waals surface area contributed by atoms with Crippen molar-refractivity contribution in [3.63, 3.8) is 0 Å². The Morgan fingerprint density at radius 1 is 1.15 bits per heavy atom. The molecule has 136 valence electrons. The first-order valence-corrected chi connectivity index (χ1v) is 9.30. The van der Waals surface area contributed by atoms with Crippen LogP contribution in [0.4, 0.5) is 5.00 Å². The van der Waals surface area contributed by atoms with E-state index in [2.05, 4.69) is 5.32 Å². The SMILES string of the molecule is COC(=O)c1c(NC(=O)/C=C/c2ccccc2OC)sc2c1CCCC2. The number of aryl methyl sites for hydroxylation is 1. The Bertz CT molecular complexity index is 853. The lowest BCUT2D eigenvalue weighted by Crippen LogP contribution is -2.13. The van der Waals surface area contributed by atoms with Gasteiger partial charge in [0.15, 0.2) is 0 Å². The number of benzene rings is 1. The molecule has 0 fully saturated rings. The van der Waals surface area contributed by atoms with Gasteiger partial charge in [-0.15, -0.1) is 11.3 Å². The number of hydrogen-bond acceptors (Lipinski definition) is 5. The van der Waals surface area contributed by atoms with Gasteiger partial charge in [0.1, 0.15) is 10.8 Å². The fourth-order valence-corrected chi connectivity index (χ4v) is 4.38. The number of carbonyl (C=O) groups excluding carboxylic acids is 2. The van der Waals surface area contributed by atoms with Gasteiger partial charge in [-0.1, -0.05) is 18.2 Å². The molecule has 26 heavy (non-hydrogen) atoms. The topological polar surface area (TPSA) is 64.6 Å². The van der Waals surface area contributed by atoms with Crippen LogP contribution in [0.15, 0.2) is 30.3 Å². The van der Waals surface area contributed by atoms with Gasteiger partial charge in [0.25, 0.3) is 0 Å². The number of thiophene rings is 1. The van der Waals surface area contributed by atoms with E-state index in [1.54, 1.807) is 13.2 Å². The molecule has 0 saturated carbocycles. The van der Waals surface area contributed by atoms with Gasteiger partial charge in [-0.05, 0) is 43.4 Å². The van der Waals surface area contributed by atoms with Crippen LogP contribution in [0, 0.1) is 0 Å². The average Bonchev–Trinajstić information content (AvgIpc) is 3.03. The second-order valence-corrected chi connectivity index (χ2v) is 7.08. The summed E-state index contributed by atoms with van der Waals surface area (Å²) in [5.41, 5.74) is 2.34. The molecular weight excluding hydrogens is 350 g/mol. The fourth-order valence-electron chi connectivity index (χ4n) is 3.10. The molecule has 0 saturated heterocycles. The minimum Gasteiger partial charge on any atom is -0.496 e. The van der Waals surface area contributed by atoms with E-state index in [0.717, 1.165) is 36.8 Å². The monoisotopic (exact) mass is 371 g/mol. The number of methoxy groups -OCH3 is 2. The second-order valence-electron chi connectivity index (χ2n) is 5.97. The number of anilines is 1. The van der Waals surface area contributed by atoms with Crippen molar-refractivity contribution in [2.24, 2.45) is 0 Å². The maximum atomic E-state index is 12.4. The molecule has 1 heterocycles. The first-order chi connectivity index (χ1) is 12.6. The summed E-state index contributed by atoms with van der Waals surface area (Å²) in [6.45, 7) is 0. The lowest BCUT2D eigenvalue weighted by atomic mass is 9.95. The Morgan fingerprint density at radius 2 is 1.92 bits per heavy atom. The Hall–Kier alpha value is -2.60. The summed E-state index contributed by atoms with van der Waals surface area (Å²) in [4.78, 5) is 25.8. The molecule has 1 N–H and O–H groups in total. The lowest BCUT2D eigenvalue weighted by Gasteiger charge is -2.11. The van der Waals surface area contributed by atoms with E-state index in [-0.39, 0.29) is 5.91 Å². The molecular formula is C20H21NO4S. The third-order valence-electron chi connectivity index (χ3n) is 4.35. The molecule has 0 unspecified atom stereocenters. The van der Waals surface area contributed by atoms with Crippen molar-refractivity contribution in [2.75, 3.05) is 19.5 Å². The Kier molecular flexibility index (Phi) is 5.73. The van der Waals surface area contributed by atoms with Crippen LogP contribution < -0.4 is 10.1 Å². The van der Waals surface area contributed by atoms with Crippen molar-refractivity contribution >= 4 is 34.3 Å². The van der Waals surface area contributed by atoms with Gasteiger partial charge < -0.3 is 14.8 Å². The smallest absolute Gasteiger partial charge is 0.341 e. The molecule has 5 nitrogen and oxygen atoms in total. The molecule has 1 aliphatic rings. The van der Waals surface area contributed by atoms with Crippen molar-refractivity contribution in [3.8, 4) is 5.75 Å². The van der Waals surface area contributed by atoms with E-state index in [9.17, 15) is 9.59 Å². The van der Waals surface area contributed by atoms with Gasteiger partial charge in [-0.3, -0.25) is 4.79 Å². The number of amides is 1. The van der Waals surface area contributed by atoms with Crippen LogP contribution in [-0.2, 0) is 22.4 Å². The maximum absolute atomic E-state index is 12.4. The summed E-state index contributed by atoms with van der Waals surface area (Å²) in [5, 5.41) is 3.41. The molecule has 0 bridgehead atoms. The van der Waals surface area contributed by atoms with Crippen LogP contribution in [0.5, 0.6) is 5.75 Å². The summed E-state index contributed by atoms with van der Waals surface area (Å²) >= 11 is 1.47. The standard InChI is InChI=1S/C20H21NO4S/c1-24-15-9-5-3-7-13(15)11-12-17(22)21-19-18(20(23)25-2)14-8-4-6-10-16(14)26-19/h3,5,7,9,11-12H,4,6,8,10H2,1-2H3,(H,21,22)/b12-11+. The number of para-hydroxylation sites is 1. The van der Waals surface area contributed by atoms with Crippen LogP contribution in [0.25, 0.3) is 6.08 Å². The average molecular weight is 371 g/mol. The van der Waals surface area contributed by atoms with Crippen molar-refractivity contribution in [2.45, 2.75) is 25.7 Å². The molecule has 2 aromatic rings. The molecule has 6 heteroatoms. The van der Waals surface area contributed by atoms with Crippen molar-refractivity contribution in [3.05, 3.63) is 51.9 Å². The highest BCUT2D eigenvalue weighted by molar-refractivity contribution is 7.17. The van der Waals surface area contributed by atoms with Crippen molar-refractivity contribution in [1.29, 1.82) is 0 Å². The zero-order valence-electron chi connectivity index (χ0n) is 14.8. The second kappa shape index (κ2) is 8.19. The minimum absolute atomic E-state index is 0.292. The van der Waals surface area contributed by atoms with Gasteiger partial charge in [0.05, 0.1) is 19.8 Å². The van der Waals surface area contributed by atoms with Gasteiger partial charge >= 0.3 is 5.97 Å². The third kappa shape index (κ3) is 3.80. The summed E-state index contributed by atoms with van der Waals surface area (Å²) in [6.07, 6.45) is 7.08. The summed E-state index contributed by atoms with van der Waals surface area (Å²) in [6, 6.07) is 7.45. The molecule has 3 rings (SSSR count). The summed E-state index contributed by atoms with van der Waals surface area (Å²) < 4.78 is 10.2. The third-order valence-corrected chi connectivity index (χ3v) is 5.56. The quantitative estimate of drug-likeness (QED) is 0.635. The van der Waals surface area contributed by atoms with Crippen LogP contribution >= 0.6 is 11.3 Å². The minimum atomic E-state index is -0.395. The van der Waals surface area contributed by atoms with Gasteiger partial charge in [-0.25, -0.2) is 4.79 Å². The predicted molar refractivity (Wildman–Crippen MR) is 103 cm³/mol. The molecule has 1 aliphatic carbocycles. The van der Waals surface area contributed by atoms with Crippen LogP contribution in [0.3, 0.4) is 0 Å². The number of esters is 1. The Morgan fingerprint density at radius 3 is 2.69 bits per heavy atom. The fraction of sp³-hybridized carbons (Fsp3) is 0.300. The molecule has 1 aromatic carbocycles. The largest absolute Gasteiger partial charge is 0.496 e. The molecule has 1 amide bonds. The number of fused-ring (bicyclic) bond motifs is 1. The van der Waals surface area contributed by atoms with Gasteiger partial charge in [-0.2, -0.15) is 0 Å². The normalized spacial score (nSPS) is 13.3. The molecule has 0 aliphatic heterocycles. The zero-order valence-corrected chi connectivity index (χ0v) is 15.7. The lowest BCUT2D eigenvalue weighted by molar-refractivity contribution is -0.111. The molecule has 0 spiro atoms. The predicted octanol–water partition coefficient (Wildman–Crippen LogP) is 4.07. The highest BCUT2D eigenvalue weighted by Gasteiger charge is 2.26. The highest BCUT2D eigenvalue weighted by Crippen LogP contribution is 2.38. The first kappa shape index (κ1) is 18.2. The van der Waals surface area contributed by atoms with E-state index in [0.29, 0.717) is 16.3 Å². The van der Waals surface area contributed by atoms with E-state index >= 15 is 0 Å². The van der Waals surface area contributed by atoms with Crippen LogP contribution in [0.2, 0.25) is 0 Å². The molecule has 1 aromatic heterocycles. The first-order valence-electron chi connectivity index (χ1n) is 8.49. The number of hydrogen-bond donors (Lipinski definition) is 1. The zero-order chi connectivity index (χ0) is 18.5. The summed E-state index contributed by atoms with van der Waals surface area (Å²) in [7, 11) is 2.95. The summed E-state index contributed by atoms with van der Waals surface area (Å²) in [5.74, 6) is 0.00597. The van der Waals surface area contributed by atoms with E-state index in [1.807, 2.05) is 24.3 Å². The van der Waals surface area contributed by atoms with E-state index < -0.39 is 5.97 Å². The number of rotatable bonds is 5. The van der Waals surface area contributed by atoms with Crippen molar-refractivity contribution < 1.29 is 19.1 Å². The molecule has 0 radical (unpaired) electrons. The molecule has 0 atom stereocenters. The maximum Gasteiger partial charge on any atom is 0.341 e. The van der Waals surface area contributed by atoms with Gasteiger partial charge in [0.2, 0.25) is 5.91 Å². The van der Waals surface area contributed by atoms with Gasteiger partial charge in [0, 0.05) is 16.5 Å². The Balaban J connectivity index is 1.82. The van der Waals surface area contributed by atoms with E-state index in [1.165, 1.54) is 29.4 Å².